The Kier molecular flexibility index (Phi) is 3.02. The number of hydrogen-bond donors (Lipinski definition) is 0. The molecule has 0 fully saturated rings. The molecule has 3 rings (SSSR count). The number of furan rings is 1. The van der Waals surface area contributed by atoms with E-state index in [1.807, 2.05) is 12.1 Å². The van der Waals surface area contributed by atoms with E-state index in [1.54, 1.807) is 24.3 Å². The van der Waals surface area contributed by atoms with Crippen LogP contribution in [0.15, 0.2) is 46.9 Å². The Hall–Kier alpha value is -3.31. The van der Waals surface area contributed by atoms with Gasteiger partial charge in [0.2, 0.25) is 5.76 Å². The van der Waals surface area contributed by atoms with Gasteiger partial charge in [0.15, 0.2) is 17.3 Å². The average Bonchev–Trinajstić information content (AvgIpc) is 2.87. The van der Waals surface area contributed by atoms with Crippen LogP contribution in [0.2, 0.25) is 0 Å². The van der Waals surface area contributed by atoms with Crippen molar-refractivity contribution in [2.45, 2.75) is 0 Å². The highest BCUT2D eigenvalue weighted by Gasteiger charge is 2.17. The van der Waals surface area contributed by atoms with Crippen molar-refractivity contribution in [3.8, 4) is 23.6 Å². The number of nitrogens with zero attached hydrogens (tertiary/aromatic N) is 2. The number of halogens is 1. The van der Waals surface area contributed by atoms with Gasteiger partial charge < -0.3 is 9.15 Å². The lowest BCUT2D eigenvalue weighted by atomic mass is 10.2. The zero-order valence-corrected chi connectivity index (χ0v) is 10.6. The molecule has 1 heterocycles. The molecule has 100 valence electrons. The van der Waals surface area contributed by atoms with E-state index < -0.39 is 5.82 Å². The van der Waals surface area contributed by atoms with Crippen molar-refractivity contribution < 1.29 is 13.5 Å². The van der Waals surface area contributed by atoms with Crippen LogP contribution in [0.5, 0.6) is 11.5 Å². The Bertz CT molecular complexity index is 916. The first kappa shape index (κ1) is 12.7. The molecule has 0 bridgehead atoms. The van der Waals surface area contributed by atoms with Gasteiger partial charge in [-0.2, -0.15) is 10.5 Å². The predicted molar refractivity (Wildman–Crippen MR) is 72.1 cm³/mol. The van der Waals surface area contributed by atoms with E-state index in [0.29, 0.717) is 11.0 Å². The normalized spacial score (nSPS) is 10.0. The number of benzene rings is 2. The molecular weight excluding hydrogens is 271 g/mol. The van der Waals surface area contributed by atoms with Crippen LogP contribution in [0.1, 0.15) is 11.3 Å². The molecule has 5 heteroatoms. The maximum atomic E-state index is 13.9. The van der Waals surface area contributed by atoms with E-state index in [9.17, 15) is 4.39 Å². The monoisotopic (exact) mass is 278 g/mol. The molecule has 0 atom stereocenters. The average molecular weight is 278 g/mol. The van der Waals surface area contributed by atoms with Gasteiger partial charge in [-0.15, -0.1) is 0 Å². The lowest BCUT2D eigenvalue weighted by Gasteiger charge is -2.05. The molecule has 4 nitrogen and oxygen atoms in total. The molecule has 1 aromatic heterocycles. The van der Waals surface area contributed by atoms with Gasteiger partial charge in [0, 0.05) is 0 Å². The summed E-state index contributed by atoms with van der Waals surface area (Å²) in [6, 6.07) is 14.5. The summed E-state index contributed by atoms with van der Waals surface area (Å²) in [7, 11) is 0. The smallest absolute Gasteiger partial charge is 0.247 e. The van der Waals surface area contributed by atoms with E-state index in [0.717, 1.165) is 6.07 Å². The minimum Gasteiger partial charge on any atom is -0.449 e. The second kappa shape index (κ2) is 4.99. The minimum absolute atomic E-state index is 0.0278. The van der Waals surface area contributed by atoms with Crippen molar-refractivity contribution in [3.05, 3.63) is 59.6 Å². The highest BCUT2D eigenvalue weighted by atomic mass is 19.1. The number of para-hydroxylation sites is 1. The first-order valence-corrected chi connectivity index (χ1v) is 6.02. The Labute approximate surface area is 119 Å². The van der Waals surface area contributed by atoms with Crippen LogP contribution in [-0.4, -0.2) is 0 Å². The van der Waals surface area contributed by atoms with Gasteiger partial charge in [-0.3, -0.25) is 0 Å². The molecule has 0 radical (unpaired) electrons. The molecule has 21 heavy (non-hydrogen) atoms. The van der Waals surface area contributed by atoms with Crippen molar-refractivity contribution >= 4 is 11.0 Å². The minimum atomic E-state index is -0.678. The van der Waals surface area contributed by atoms with Gasteiger partial charge in [0.25, 0.3) is 0 Å². The molecule has 0 amide bonds. The van der Waals surface area contributed by atoms with Crippen LogP contribution >= 0.6 is 0 Å². The zero-order valence-electron chi connectivity index (χ0n) is 10.6. The quantitative estimate of drug-likeness (QED) is 0.707. The van der Waals surface area contributed by atoms with Gasteiger partial charge in [-0.05, 0) is 30.3 Å². The standard InChI is InChI=1S/C16H7FN2O2/c17-12-7-10(8-18)5-6-14(12)21-16-11-3-1-2-4-13(11)20-15(16)9-19/h1-7H. The van der Waals surface area contributed by atoms with Gasteiger partial charge in [0.1, 0.15) is 11.7 Å². The summed E-state index contributed by atoms with van der Waals surface area (Å²) in [6.07, 6.45) is 0. The van der Waals surface area contributed by atoms with E-state index in [-0.39, 0.29) is 22.8 Å². The Balaban J connectivity index is 2.10. The maximum absolute atomic E-state index is 13.9. The van der Waals surface area contributed by atoms with Crippen molar-refractivity contribution in [1.82, 2.24) is 0 Å². The molecule has 0 aliphatic heterocycles. The van der Waals surface area contributed by atoms with Crippen LogP contribution in [0.4, 0.5) is 4.39 Å². The summed E-state index contributed by atoms with van der Waals surface area (Å²) in [5.41, 5.74) is 0.676. The lowest BCUT2D eigenvalue weighted by Crippen LogP contribution is -1.90. The third-order valence-electron chi connectivity index (χ3n) is 2.92. The third kappa shape index (κ3) is 2.18. The number of nitriles is 2. The van der Waals surface area contributed by atoms with Gasteiger partial charge in [-0.25, -0.2) is 4.39 Å². The number of ether oxygens (including phenoxy) is 1. The molecule has 0 spiro atoms. The molecule has 0 N–H and O–H groups in total. The second-order valence-corrected chi connectivity index (χ2v) is 4.23. The van der Waals surface area contributed by atoms with Crippen LogP contribution in [0.3, 0.4) is 0 Å². The Morgan fingerprint density at radius 3 is 2.57 bits per heavy atom. The fraction of sp³-hybridized carbons (Fsp3) is 0. The summed E-state index contributed by atoms with van der Waals surface area (Å²) in [4.78, 5) is 0. The largest absolute Gasteiger partial charge is 0.449 e. The molecular formula is C16H7FN2O2. The third-order valence-corrected chi connectivity index (χ3v) is 2.92. The van der Waals surface area contributed by atoms with Crippen molar-refractivity contribution in [2.75, 3.05) is 0 Å². The molecule has 0 saturated carbocycles. The van der Waals surface area contributed by atoms with Gasteiger partial charge in [0.05, 0.1) is 17.0 Å². The fourth-order valence-electron chi connectivity index (χ4n) is 1.96. The fourth-order valence-corrected chi connectivity index (χ4v) is 1.96. The summed E-state index contributed by atoms with van der Waals surface area (Å²) in [5, 5.41) is 18.4. The summed E-state index contributed by atoms with van der Waals surface area (Å²) < 4.78 is 24.7. The lowest BCUT2D eigenvalue weighted by molar-refractivity contribution is 0.433. The Morgan fingerprint density at radius 2 is 1.86 bits per heavy atom. The number of hydrogen-bond acceptors (Lipinski definition) is 4. The van der Waals surface area contributed by atoms with E-state index in [1.165, 1.54) is 12.1 Å². The second-order valence-electron chi connectivity index (χ2n) is 4.23. The molecule has 0 saturated heterocycles. The van der Waals surface area contributed by atoms with Crippen molar-refractivity contribution in [3.63, 3.8) is 0 Å². The molecule has 2 aromatic carbocycles. The van der Waals surface area contributed by atoms with Crippen LogP contribution in [-0.2, 0) is 0 Å². The van der Waals surface area contributed by atoms with Crippen LogP contribution < -0.4 is 4.74 Å². The van der Waals surface area contributed by atoms with Gasteiger partial charge in [-0.1, -0.05) is 12.1 Å². The van der Waals surface area contributed by atoms with E-state index >= 15 is 0 Å². The first-order valence-electron chi connectivity index (χ1n) is 6.02. The first-order chi connectivity index (χ1) is 10.2. The predicted octanol–water partition coefficient (Wildman–Crippen LogP) is 4.11. The summed E-state index contributed by atoms with van der Waals surface area (Å²) in [6.45, 7) is 0. The van der Waals surface area contributed by atoms with Gasteiger partial charge >= 0.3 is 0 Å². The van der Waals surface area contributed by atoms with Crippen LogP contribution in [0.25, 0.3) is 11.0 Å². The maximum Gasteiger partial charge on any atom is 0.247 e. The molecule has 3 aromatic rings. The number of rotatable bonds is 2. The SMILES string of the molecule is N#Cc1ccc(Oc2c(C#N)oc3ccccc23)c(F)c1. The van der Waals surface area contributed by atoms with E-state index in [4.69, 9.17) is 19.7 Å². The molecule has 0 aliphatic carbocycles. The molecule has 0 unspecified atom stereocenters. The zero-order chi connectivity index (χ0) is 14.8. The summed E-state index contributed by atoms with van der Waals surface area (Å²) >= 11 is 0. The highest BCUT2D eigenvalue weighted by Crippen LogP contribution is 2.36. The van der Waals surface area contributed by atoms with Crippen LogP contribution in [0, 0.1) is 28.5 Å². The number of fused-ring (bicyclic) bond motifs is 1. The highest BCUT2D eigenvalue weighted by molar-refractivity contribution is 5.86. The topological polar surface area (TPSA) is 69.9 Å². The van der Waals surface area contributed by atoms with Crippen molar-refractivity contribution in [2.24, 2.45) is 0 Å². The Morgan fingerprint density at radius 1 is 1.05 bits per heavy atom. The van der Waals surface area contributed by atoms with E-state index in [2.05, 4.69) is 0 Å². The van der Waals surface area contributed by atoms with Crippen molar-refractivity contribution in [1.29, 1.82) is 10.5 Å². The molecule has 0 aliphatic rings. The summed E-state index contributed by atoms with van der Waals surface area (Å²) in [5.74, 6) is -0.614.